The number of fused-ring (bicyclic) bond motifs is 16. The number of hydrogen-bond acceptors (Lipinski definition) is 2. The number of nitrogens with zero attached hydrogens (tertiary/aromatic N) is 6. The molecular weight excluding hydrogens is 1190 g/mol. The first-order valence-electron chi connectivity index (χ1n) is 34.2. The molecule has 1 aliphatic rings. The first kappa shape index (κ1) is 56.0. The Kier molecular flexibility index (Phi) is 12.3. The molecule has 0 atom stereocenters. The Balaban J connectivity index is 0.833. The molecule has 0 saturated heterocycles. The molecule has 0 saturated carbocycles. The van der Waals surface area contributed by atoms with Crippen molar-refractivity contribution < 1.29 is 0 Å². The van der Waals surface area contributed by atoms with Crippen molar-refractivity contribution in [1.29, 1.82) is 0 Å². The van der Waals surface area contributed by atoms with E-state index < -0.39 is 0 Å². The minimum Gasteiger partial charge on any atom is -0.309 e. The van der Waals surface area contributed by atoms with E-state index in [2.05, 4.69) is 348 Å². The van der Waals surface area contributed by atoms with Crippen molar-refractivity contribution >= 4 is 115 Å². The zero-order valence-electron chi connectivity index (χ0n) is 54.5. The molecule has 6 heteroatoms. The fourth-order valence-electron chi connectivity index (χ4n) is 16.2. The summed E-state index contributed by atoms with van der Waals surface area (Å²) in [5, 5.41) is 14.2. The second-order valence-electron chi connectivity index (χ2n) is 27.6. The summed E-state index contributed by atoms with van der Waals surface area (Å²) < 4.78 is 9.81. The molecular formula is C92H64N6. The third kappa shape index (κ3) is 8.74. The molecule has 5 aromatic heterocycles. The number of benzene rings is 14. The van der Waals surface area contributed by atoms with Crippen LogP contribution in [0.25, 0.3) is 182 Å². The van der Waals surface area contributed by atoms with Crippen LogP contribution in [0.1, 0.15) is 44.0 Å². The van der Waals surface area contributed by atoms with Gasteiger partial charge in [-0.2, -0.15) is 0 Å². The van der Waals surface area contributed by atoms with Crippen molar-refractivity contribution in [2.75, 3.05) is 0 Å². The summed E-state index contributed by atoms with van der Waals surface area (Å²) in [6.45, 7) is 6.85. The van der Waals surface area contributed by atoms with Gasteiger partial charge < -0.3 is 18.3 Å². The molecule has 5 heterocycles. The van der Waals surface area contributed by atoms with Crippen LogP contribution in [-0.4, -0.2) is 28.2 Å². The Morgan fingerprint density at radius 2 is 0.786 bits per heavy atom. The number of allylic oxidation sites excluding steroid dienone is 1. The van der Waals surface area contributed by atoms with Crippen molar-refractivity contribution in [3.63, 3.8) is 0 Å². The van der Waals surface area contributed by atoms with Crippen molar-refractivity contribution in [2.24, 2.45) is 0 Å². The monoisotopic (exact) mass is 1250 g/mol. The van der Waals surface area contributed by atoms with E-state index in [1.165, 1.54) is 92.9 Å². The third-order valence-corrected chi connectivity index (χ3v) is 20.9. The maximum atomic E-state index is 5.87. The lowest BCUT2D eigenvalue weighted by molar-refractivity contribution is 0.591. The zero-order valence-corrected chi connectivity index (χ0v) is 54.5. The van der Waals surface area contributed by atoms with Crippen LogP contribution in [0.4, 0.5) is 0 Å². The van der Waals surface area contributed by atoms with Gasteiger partial charge in [-0.25, -0.2) is 9.97 Å². The molecule has 98 heavy (non-hydrogen) atoms. The Labute approximate surface area is 566 Å². The summed E-state index contributed by atoms with van der Waals surface area (Å²) in [6.07, 6.45) is 6.62. The molecule has 0 bridgehead atoms. The maximum absolute atomic E-state index is 5.87. The number of aryl methyl sites for hydroxylation is 1. The molecule has 462 valence electrons. The molecule has 0 fully saturated rings. The van der Waals surface area contributed by atoms with Gasteiger partial charge in [0.2, 0.25) is 0 Å². The molecule has 14 aromatic carbocycles. The zero-order chi connectivity index (χ0) is 64.9. The minimum absolute atomic E-state index is 0.0199. The standard InChI is InChI=1S/C92H64N6/c1-92(2,3)66-42-36-58-48-64(35-34-59(58)49-66)90-89-71-25-11-10-20-57(71)39-45-80(89)93-91(94-90)65-50-69(97-81-30-16-12-26-72(81)76-43-37-62(54-87(76)97)60-40-46-85-78(52-60)74-28-14-18-32-83(74)95(85)67-21-6-4-7-22-67)56-70(51-65)98-82-31-17-13-27-73(82)77-44-38-63(55-88(77)98)61-41-47-86-79(53-61)75-29-15-19-33-84(75)96(86)68-23-8-5-9-24-68/h4-12,14-26,28-56H,13,27H2,1-3H3. The van der Waals surface area contributed by atoms with Gasteiger partial charge in [0.05, 0.1) is 49.8 Å². The molecule has 19 aromatic rings. The predicted molar refractivity (Wildman–Crippen MR) is 412 cm³/mol. The highest BCUT2D eigenvalue weighted by Gasteiger charge is 2.25. The van der Waals surface area contributed by atoms with Crippen molar-refractivity contribution in [3.8, 4) is 67.6 Å². The average molecular weight is 1250 g/mol. The number of hydrogen-bond donors (Lipinski definition) is 0. The lowest BCUT2D eigenvalue weighted by atomic mass is 9.85. The van der Waals surface area contributed by atoms with Gasteiger partial charge in [0.1, 0.15) is 0 Å². The third-order valence-electron chi connectivity index (χ3n) is 20.9. The Morgan fingerprint density at radius 1 is 0.306 bits per heavy atom. The van der Waals surface area contributed by atoms with Gasteiger partial charge in [0.15, 0.2) is 5.82 Å². The fraction of sp³-hybridized carbons (Fsp3) is 0.0652. The van der Waals surface area contributed by atoms with Crippen LogP contribution >= 0.6 is 0 Å². The fourth-order valence-corrected chi connectivity index (χ4v) is 16.2. The highest BCUT2D eigenvalue weighted by atomic mass is 15.0. The second kappa shape index (κ2) is 21.6. The van der Waals surface area contributed by atoms with Gasteiger partial charge in [-0.15, -0.1) is 0 Å². The molecule has 0 amide bonds. The smallest absolute Gasteiger partial charge is 0.160 e. The molecule has 0 N–H and O–H groups in total. The molecule has 0 spiro atoms. The number of rotatable bonds is 8. The van der Waals surface area contributed by atoms with E-state index in [-0.39, 0.29) is 5.41 Å². The van der Waals surface area contributed by atoms with E-state index in [0.29, 0.717) is 5.82 Å². The second-order valence-corrected chi connectivity index (χ2v) is 27.6. The van der Waals surface area contributed by atoms with Crippen molar-refractivity contribution in [3.05, 3.63) is 320 Å². The topological polar surface area (TPSA) is 45.5 Å². The van der Waals surface area contributed by atoms with E-state index in [0.717, 1.165) is 107 Å². The molecule has 6 nitrogen and oxygen atoms in total. The van der Waals surface area contributed by atoms with E-state index in [1.807, 2.05) is 0 Å². The SMILES string of the molecule is CC(C)(C)c1ccc2cc(-c3nc(-c4cc(-n5c6c(c7ccc(-c8ccc9c(c8)c8ccccc8n9-c8ccccc8)cc75)CCC=C6)cc(-n5c6ccccc6c6ccc(-c7ccc8c(c7)c7ccccc7n8-c7ccccc7)cc65)c4)nc4ccc5ccccc5c34)ccc2c1. The van der Waals surface area contributed by atoms with E-state index in [9.17, 15) is 0 Å². The number of aromatic nitrogens is 6. The summed E-state index contributed by atoms with van der Waals surface area (Å²) in [4.78, 5) is 11.6. The van der Waals surface area contributed by atoms with E-state index in [4.69, 9.17) is 9.97 Å². The molecule has 0 aliphatic heterocycles. The van der Waals surface area contributed by atoms with Crippen molar-refractivity contribution in [2.45, 2.75) is 39.0 Å². The van der Waals surface area contributed by atoms with Crippen LogP contribution in [0.3, 0.4) is 0 Å². The Bertz CT molecular complexity index is 6580. The van der Waals surface area contributed by atoms with Gasteiger partial charge >= 0.3 is 0 Å². The highest BCUT2D eigenvalue weighted by Crippen LogP contribution is 2.45. The van der Waals surface area contributed by atoms with Crippen LogP contribution in [0.2, 0.25) is 0 Å². The van der Waals surface area contributed by atoms with Crippen LogP contribution in [0.5, 0.6) is 0 Å². The first-order valence-corrected chi connectivity index (χ1v) is 34.2. The van der Waals surface area contributed by atoms with Gasteiger partial charge in [0, 0.05) is 82.7 Å². The summed E-state index contributed by atoms with van der Waals surface area (Å²) in [7, 11) is 0. The Hall–Kier alpha value is -12.4. The van der Waals surface area contributed by atoms with Gasteiger partial charge in [-0.05, 0) is 188 Å². The summed E-state index contributed by atoms with van der Waals surface area (Å²) >= 11 is 0. The predicted octanol–water partition coefficient (Wildman–Crippen LogP) is 24.1. The quantitative estimate of drug-likeness (QED) is 0.142. The largest absolute Gasteiger partial charge is 0.309 e. The minimum atomic E-state index is 0.0199. The summed E-state index contributed by atoms with van der Waals surface area (Å²) in [5.41, 5.74) is 24.7. The summed E-state index contributed by atoms with van der Waals surface area (Å²) in [6, 6.07) is 110. The molecule has 0 unspecified atom stereocenters. The Morgan fingerprint density at radius 3 is 1.43 bits per heavy atom. The van der Waals surface area contributed by atoms with Crippen LogP contribution in [0, 0.1) is 0 Å². The van der Waals surface area contributed by atoms with E-state index >= 15 is 0 Å². The highest BCUT2D eigenvalue weighted by molar-refractivity contribution is 6.16. The van der Waals surface area contributed by atoms with Crippen LogP contribution in [-0.2, 0) is 11.8 Å². The van der Waals surface area contributed by atoms with Gasteiger partial charge in [0.25, 0.3) is 0 Å². The average Bonchev–Trinajstić information content (AvgIpc) is 0.965. The lowest BCUT2D eigenvalue weighted by Gasteiger charge is -2.20. The molecule has 20 rings (SSSR count). The maximum Gasteiger partial charge on any atom is 0.160 e. The molecule has 0 radical (unpaired) electrons. The normalized spacial score (nSPS) is 12.7. The van der Waals surface area contributed by atoms with Gasteiger partial charge in [-0.1, -0.05) is 215 Å². The summed E-state index contributed by atoms with van der Waals surface area (Å²) in [5.74, 6) is 0.656. The number of para-hydroxylation sites is 5. The molecule has 1 aliphatic carbocycles. The first-order chi connectivity index (χ1) is 48.2. The van der Waals surface area contributed by atoms with Crippen molar-refractivity contribution in [1.82, 2.24) is 28.2 Å². The van der Waals surface area contributed by atoms with E-state index in [1.54, 1.807) is 0 Å². The lowest BCUT2D eigenvalue weighted by Crippen LogP contribution is -2.10. The van der Waals surface area contributed by atoms with Crippen LogP contribution < -0.4 is 0 Å². The van der Waals surface area contributed by atoms with Crippen LogP contribution in [0.15, 0.2) is 303 Å². The van der Waals surface area contributed by atoms with Gasteiger partial charge in [-0.3, -0.25) is 0 Å².